The Morgan fingerprint density at radius 1 is 0.966 bits per heavy atom. The molecule has 29 heavy (non-hydrogen) atoms. The van der Waals surface area contributed by atoms with Gasteiger partial charge in [0.15, 0.2) is 0 Å². The molecule has 0 spiro atoms. The number of fused-ring (bicyclic) bond motifs is 1. The largest absolute Gasteiger partial charge is 0.497 e. The Kier molecular flexibility index (Phi) is 6.34. The molecule has 0 heterocycles. The fourth-order valence-electron chi connectivity index (χ4n) is 2.93. The number of methoxy groups -OCH3 is 2. The van der Waals surface area contributed by atoms with Crippen molar-refractivity contribution in [1.29, 1.82) is 0 Å². The van der Waals surface area contributed by atoms with Gasteiger partial charge in [0.05, 0.1) is 26.5 Å². The van der Waals surface area contributed by atoms with E-state index in [0.29, 0.717) is 17.1 Å². The smallest absolute Gasteiger partial charge is 0.271 e. The number of rotatable bonds is 7. The van der Waals surface area contributed by atoms with E-state index in [2.05, 4.69) is 10.5 Å². The number of hydrazone groups is 1. The van der Waals surface area contributed by atoms with Crippen LogP contribution in [0.5, 0.6) is 17.2 Å². The summed E-state index contributed by atoms with van der Waals surface area (Å²) in [5.41, 5.74) is 3.82. The van der Waals surface area contributed by atoms with Crippen LogP contribution in [-0.4, -0.2) is 32.4 Å². The zero-order chi connectivity index (χ0) is 20.8. The van der Waals surface area contributed by atoms with E-state index in [4.69, 9.17) is 14.2 Å². The highest BCUT2D eigenvalue weighted by Crippen LogP contribution is 2.28. The van der Waals surface area contributed by atoms with Crippen LogP contribution in [0.4, 0.5) is 0 Å². The van der Waals surface area contributed by atoms with Crippen molar-refractivity contribution in [3.63, 3.8) is 0 Å². The molecule has 3 aromatic carbocycles. The van der Waals surface area contributed by atoms with Gasteiger partial charge in [-0.05, 0) is 43.5 Å². The third-order valence-electron chi connectivity index (χ3n) is 4.26. The van der Waals surface area contributed by atoms with Crippen molar-refractivity contribution in [3.05, 3.63) is 65.7 Å². The average Bonchev–Trinajstić information content (AvgIpc) is 2.74. The number of carbonyl (C=O) groups excluding carboxylic acids is 1. The molecule has 1 N–H and O–H groups in total. The Balaban J connectivity index is 1.82. The molecular formula is C23H24N2O4. The van der Waals surface area contributed by atoms with E-state index in [1.165, 1.54) is 14.2 Å². The van der Waals surface area contributed by atoms with Crippen molar-refractivity contribution >= 4 is 22.9 Å². The maximum absolute atomic E-state index is 12.5. The maximum atomic E-state index is 12.5. The average molecular weight is 392 g/mol. The van der Waals surface area contributed by atoms with E-state index in [9.17, 15) is 4.79 Å². The molecule has 0 saturated heterocycles. The van der Waals surface area contributed by atoms with Crippen LogP contribution in [-0.2, 0) is 0 Å². The van der Waals surface area contributed by atoms with Gasteiger partial charge >= 0.3 is 0 Å². The van der Waals surface area contributed by atoms with E-state index < -0.39 is 0 Å². The third-order valence-corrected chi connectivity index (χ3v) is 4.26. The molecule has 0 aliphatic carbocycles. The highest BCUT2D eigenvalue weighted by atomic mass is 16.5. The Labute approximate surface area is 170 Å². The quantitative estimate of drug-likeness (QED) is 0.478. The van der Waals surface area contributed by atoms with E-state index in [0.717, 1.165) is 22.1 Å². The van der Waals surface area contributed by atoms with Crippen molar-refractivity contribution in [3.8, 4) is 17.2 Å². The Bertz CT molecular complexity index is 1020. The number of amides is 1. The summed E-state index contributed by atoms with van der Waals surface area (Å²) in [6.07, 6.45) is 1.70. The number of nitrogens with zero attached hydrogens (tertiary/aromatic N) is 1. The number of hydrogen-bond donors (Lipinski definition) is 1. The second-order valence-electron chi connectivity index (χ2n) is 6.67. The molecule has 0 fully saturated rings. The van der Waals surface area contributed by atoms with Crippen LogP contribution in [0.3, 0.4) is 0 Å². The van der Waals surface area contributed by atoms with E-state index in [1.807, 2.05) is 50.2 Å². The summed E-state index contributed by atoms with van der Waals surface area (Å²) >= 11 is 0. The highest BCUT2D eigenvalue weighted by molar-refractivity contribution is 6.03. The fourth-order valence-corrected chi connectivity index (χ4v) is 2.93. The standard InChI is InChI=1S/C23H24N2O4/c1-15(2)29-22-10-9-16(20-7-5-6-8-21(20)22)14-24-25-23(26)17-11-18(27-3)13-19(12-17)28-4/h5-15H,1-4H3,(H,25,26)/b24-14-. The molecule has 3 rings (SSSR count). The summed E-state index contributed by atoms with van der Waals surface area (Å²) in [7, 11) is 3.07. The lowest BCUT2D eigenvalue weighted by Crippen LogP contribution is -2.17. The van der Waals surface area contributed by atoms with Crippen LogP contribution in [0.2, 0.25) is 0 Å². The van der Waals surface area contributed by atoms with Crippen LogP contribution in [0, 0.1) is 0 Å². The number of benzene rings is 3. The number of hydrogen-bond acceptors (Lipinski definition) is 5. The van der Waals surface area contributed by atoms with Crippen molar-refractivity contribution in [2.24, 2.45) is 5.10 Å². The summed E-state index contributed by atoms with van der Waals surface area (Å²) in [6, 6.07) is 16.7. The zero-order valence-electron chi connectivity index (χ0n) is 16.9. The van der Waals surface area contributed by atoms with Crippen LogP contribution in [0.15, 0.2) is 59.7 Å². The molecule has 0 aliphatic heterocycles. The minimum atomic E-state index is -0.359. The Morgan fingerprint density at radius 2 is 1.62 bits per heavy atom. The molecule has 0 bridgehead atoms. The summed E-state index contributed by atoms with van der Waals surface area (Å²) in [6.45, 7) is 3.99. The monoisotopic (exact) mass is 392 g/mol. The maximum Gasteiger partial charge on any atom is 0.271 e. The normalized spacial score (nSPS) is 11.1. The van der Waals surface area contributed by atoms with Gasteiger partial charge in [-0.2, -0.15) is 5.10 Å². The molecule has 0 atom stereocenters. The van der Waals surface area contributed by atoms with Gasteiger partial charge in [-0.1, -0.05) is 24.3 Å². The van der Waals surface area contributed by atoms with Gasteiger partial charge in [-0.3, -0.25) is 4.79 Å². The Hall–Kier alpha value is -3.54. The predicted molar refractivity (Wildman–Crippen MR) is 114 cm³/mol. The van der Waals surface area contributed by atoms with E-state index >= 15 is 0 Å². The number of ether oxygens (including phenoxy) is 3. The van der Waals surface area contributed by atoms with Crippen molar-refractivity contribution in [1.82, 2.24) is 5.43 Å². The first kappa shape index (κ1) is 20.2. The van der Waals surface area contributed by atoms with E-state index in [-0.39, 0.29) is 12.0 Å². The molecule has 0 saturated carbocycles. The summed E-state index contributed by atoms with van der Waals surface area (Å²) in [4.78, 5) is 12.5. The van der Waals surface area contributed by atoms with Gasteiger partial charge in [0, 0.05) is 22.6 Å². The van der Waals surface area contributed by atoms with Crippen molar-refractivity contribution in [2.75, 3.05) is 14.2 Å². The molecule has 0 aliphatic rings. The van der Waals surface area contributed by atoms with Gasteiger partial charge in [0.25, 0.3) is 5.91 Å². The number of carbonyl (C=O) groups is 1. The first-order chi connectivity index (χ1) is 14.0. The van der Waals surface area contributed by atoms with Gasteiger partial charge in [-0.15, -0.1) is 0 Å². The summed E-state index contributed by atoms with van der Waals surface area (Å²) < 4.78 is 16.3. The topological polar surface area (TPSA) is 69.2 Å². The minimum Gasteiger partial charge on any atom is -0.497 e. The first-order valence-electron chi connectivity index (χ1n) is 9.26. The molecule has 3 aromatic rings. The van der Waals surface area contributed by atoms with Crippen LogP contribution in [0.25, 0.3) is 10.8 Å². The van der Waals surface area contributed by atoms with Gasteiger partial charge in [0.1, 0.15) is 17.2 Å². The second kappa shape index (κ2) is 9.10. The lowest BCUT2D eigenvalue weighted by atomic mass is 10.0. The fraction of sp³-hybridized carbons (Fsp3) is 0.217. The minimum absolute atomic E-state index is 0.0806. The molecule has 0 unspecified atom stereocenters. The van der Waals surface area contributed by atoms with Crippen molar-refractivity contribution < 1.29 is 19.0 Å². The molecule has 1 amide bonds. The van der Waals surface area contributed by atoms with Gasteiger partial charge in [-0.25, -0.2) is 5.43 Å². The van der Waals surface area contributed by atoms with Gasteiger partial charge in [0.2, 0.25) is 0 Å². The molecule has 150 valence electrons. The molecule has 0 radical (unpaired) electrons. The third kappa shape index (κ3) is 4.85. The van der Waals surface area contributed by atoms with Crippen molar-refractivity contribution in [2.45, 2.75) is 20.0 Å². The lowest BCUT2D eigenvalue weighted by molar-refractivity contribution is 0.0954. The van der Waals surface area contributed by atoms with Crippen LogP contribution >= 0.6 is 0 Å². The van der Waals surface area contributed by atoms with Gasteiger partial charge < -0.3 is 14.2 Å². The summed E-state index contributed by atoms with van der Waals surface area (Å²) in [5, 5.41) is 6.11. The van der Waals surface area contributed by atoms with E-state index in [1.54, 1.807) is 24.4 Å². The number of nitrogens with one attached hydrogen (secondary N) is 1. The van der Waals surface area contributed by atoms with Crippen LogP contribution < -0.4 is 19.6 Å². The highest BCUT2D eigenvalue weighted by Gasteiger charge is 2.10. The first-order valence-corrected chi connectivity index (χ1v) is 9.26. The lowest BCUT2D eigenvalue weighted by Gasteiger charge is -2.13. The molecule has 0 aromatic heterocycles. The summed E-state index contributed by atoms with van der Waals surface area (Å²) in [5.74, 6) is 1.53. The second-order valence-corrected chi connectivity index (χ2v) is 6.67. The molecular weight excluding hydrogens is 368 g/mol. The van der Waals surface area contributed by atoms with Crippen LogP contribution in [0.1, 0.15) is 29.8 Å². The molecule has 6 nitrogen and oxygen atoms in total. The molecule has 6 heteroatoms. The zero-order valence-corrected chi connectivity index (χ0v) is 16.9. The Morgan fingerprint density at radius 3 is 2.24 bits per heavy atom. The SMILES string of the molecule is COc1cc(OC)cc(C(=O)N/N=C\c2ccc(OC(C)C)c3ccccc23)c1. The predicted octanol–water partition coefficient (Wildman–Crippen LogP) is 4.41.